The van der Waals surface area contributed by atoms with Crippen LogP contribution in [-0.4, -0.2) is 62.5 Å². The van der Waals surface area contributed by atoms with E-state index >= 15 is 0 Å². The molecule has 0 bridgehead atoms. The smallest absolute Gasteiger partial charge is 0.248 e. The zero-order chi connectivity index (χ0) is 19.6. The minimum Gasteiger partial charge on any atom is -0.387 e. The molecule has 2 N–H and O–H groups in total. The fourth-order valence-corrected chi connectivity index (χ4v) is 3.93. The third kappa shape index (κ3) is 4.22. The number of amides is 1. The number of carbonyl (C=O) groups is 1. The maximum absolute atomic E-state index is 12.0. The predicted octanol–water partition coefficient (Wildman–Crippen LogP) is 2.08. The van der Waals surface area contributed by atoms with Crippen LogP contribution in [0, 0.1) is 0 Å². The first-order valence-electron chi connectivity index (χ1n) is 8.79. The van der Waals surface area contributed by atoms with Crippen LogP contribution in [0.5, 0.6) is 0 Å². The second-order valence-electron chi connectivity index (χ2n) is 6.72. The van der Waals surface area contributed by atoms with Gasteiger partial charge < -0.3 is 15.3 Å². The Hall–Kier alpha value is -1.39. The van der Waals surface area contributed by atoms with E-state index in [4.69, 9.17) is 11.6 Å². The summed E-state index contributed by atoms with van der Waals surface area (Å²) in [5, 5.41) is 21.7. The average molecular weight is 504 g/mol. The minimum absolute atomic E-state index is 0.0957. The molecule has 7 nitrogen and oxygen atoms in total. The number of aromatic nitrogens is 3. The number of nitrogens with zero attached hydrogens (tertiary/aromatic N) is 4. The van der Waals surface area contributed by atoms with Gasteiger partial charge in [0, 0.05) is 42.7 Å². The molecule has 9 heteroatoms. The van der Waals surface area contributed by atoms with Crippen molar-refractivity contribution in [3.63, 3.8) is 0 Å². The normalized spacial score (nSPS) is 22.0. The molecule has 27 heavy (non-hydrogen) atoms. The maximum Gasteiger partial charge on any atom is 0.248 e. The van der Waals surface area contributed by atoms with Crippen LogP contribution >= 0.6 is 34.2 Å². The van der Waals surface area contributed by atoms with E-state index in [-0.39, 0.29) is 11.9 Å². The minimum atomic E-state index is -0.466. The molecular formula is C18H23ClIN5O2. The molecule has 0 saturated carbocycles. The molecule has 3 rings (SSSR count). The standard InChI is InChI=1S/C18H23ClIN5O2/c1-11(6-19)5-13(16-7-21-25(10-20)23-16)18-12(2)22-15-3-4-24(8-14(15)18)17(27)9-26/h5,7,12,22,26H,3-4,6,8-10H2,1-2H3/b11-5-,18-13-. The quantitative estimate of drug-likeness (QED) is 0.475. The Bertz CT molecular complexity index is 829. The lowest BCUT2D eigenvalue weighted by atomic mass is 9.91. The molecule has 1 aromatic heterocycles. The molecule has 0 aliphatic carbocycles. The first-order valence-corrected chi connectivity index (χ1v) is 10.9. The van der Waals surface area contributed by atoms with Gasteiger partial charge in [-0.1, -0.05) is 34.2 Å². The Morgan fingerprint density at radius 2 is 2.33 bits per heavy atom. The maximum atomic E-state index is 12.0. The van der Waals surface area contributed by atoms with Gasteiger partial charge in [-0.3, -0.25) is 4.79 Å². The highest BCUT2D eigenvalue weighted by Crippen LogP contribution is 2.36. The van der Waals surface area contributed by atoms with Crippen LogP contribution in [0.25, 0.3) is 5.57 Å². The van der Waals surface area contributed by atoms with Crippen molar-refractivity contribution in [1.82, 2.24) is 25.2 Å². The monoisotopic (exact) mass is 503 g/mol. The van der Waals surface area contributed by atoms with Gasteiger partial charge in [0.05, 0.1) is 6.20 Å². The van der Waals surface area contributed by atoms with Gasteiger partial charge in [0.2, 0.25) is 5.91 Å². The highest BCUT2D eigenvalue weighted by atomic mass is 127. The van der Waals surface area contributed by atoms with Crippen LogP contribution < -0.4 is 5.32 Å². The molecule has 2 aliphatic rings. The average Bonchev–Trinajstić information content (AvgIpc) is 3.28. The summed E-state index contributed by atoms with van der Waals surface area (Å²) in [5.74, 6) is 0.186. The van der Waals surface area contributed by atoms with Gasteiger partial charge in [-0.15, -0.1) is 11.6 Å². The Labute approximate surface area is 177 Å². The third-order valence-electron chi connectivity index (χ3n) is 4.79. The van der Waals surface area contributed by atoms with Crippen LogP contribution in [0.3, 0.4) is 0 Å². The molecule has 0 fully saturated rings. The number of allylic oxidation sites excluding steroid dienone is 3. The molecule has 1 amide bonds. The number of rotatable bonds is 5. The molecule has 3 heterocycles. The lowest BCUT2D eigenvalue weighted by molar-refractivity contribution is -0.133. The van der Waals surface area contributed by atoms with Crippen molar-refractivity contribution in [3.05, 3.63) is 40.4 Å². The number of carbonyl (C=O) groups excluding carboxylic acids is 1. The van der Waals surface area contributed by atoms with Gasteiger partial charge in [0.15, 0.2) is 0 Å². The molecule has 1 aromatic rings. The van der Waals surface area contributed by atoms with Gasteiger partial charge >= 0.3 is 0 Å². The van der Waals surface area contributed by atoms with E-state index in [2.05, 4.69) is 51.1 Å². The molecule has 0 radical (unpaired) electrons. The third-order valence-corrected chi connectivity index (χ3v) is 5.82. The van der Waals surface area contributed by atoms with E-state index in [0.717, 1.165) is 40.1 Å². The molecular weight excluding hydrogens is 481 g/mol. The van der Waals surface area contributed by atoms with Crippen molar-refractivity contribution in [1.29, 1.82) is 0 Å². The number of hydrogen-bond donors (Lipinski definition) is 2. The summed E-state index contributed by atoms with van der Waals surface area (Å²) in [4.78, 5) is 15.4. The number of halogens is 2. The topological polar surface area (TPSA) is 83.3 Å². The number of alkyl halides is 2. The highest BCUT2D eigenvalue weighted by Gasteiger charge is 2.34. The first kappa shape index (κ1) is 20.3. The molecule has 1 atom stereocenters. The lowest BCUT2D eigenvalue weighted by Gasteiger charge is -2.28. The highest BCUT2D eigenvalue weighted by molar-refractivity contribution is 14.1. The summed E-state index contributed by atoms with van der Waals surface area (Å²) >= 11 is 8.25. The summed E-state index contributed by atoms with van der Waals surface area (Å²) in [5.41, 5.74) is 6.18. The van der Waals surface area contributed by atoms with Crippen molar-refractivity contribution >= 4 is 45.7 Å². The number of hydrogen-bond acceptors (Lipinski definition) is 5. The van der Waals surface area contributed by atoms with Gasteiger partial charge in [0.25, 0.3) is 0 Å². The SMILES string of the molecule is C/C(=C/C(=C1/C2=C(CCN(C(=O)CO)C2)NC1C)c1cnn(CI)n1)CCl. The summed E-state index contributed by atoms with van der Waals surface area (Å²) in [7, 11) is 0. The number of aliphatic hydroxyl groups excluding tert-OH is 1. The second-order valence-corrected chi connectivity index (χ2v) is 7.67. The van der Waals surface area contributed by atoms with Gasteiger partial charge in [-0.2, -0.15) is 15.0 Å². The van der Waals surface area contributed by atoms with E-state index < -0.39 is 6.61 Å². The van der Waals surface area contributed by atoms with Gasteiger partial charge in [-0.25, -0.2) is 0 Å². The van der Waals surface area contributed by atoms with E-state index in [1.54, 1.807) is 15.9 Å². The van der Waals surface area contributed by atoms with Crippen LogP contribution in [0.2, 0.25) is 0 Å². The largest absolute Gasteiger partial charge is 0.387 e. The van der Waals surface area contributed by atoms with Crippen LogP contribution in [0.15, 0.2) is 34.7 Å². The van der Waals surface area contributed by atoms with Crippen LogP contribution in [-0.2, 0) is 9.35 Å². The molecule has 1 unspecified atom stereocenters. The lowest BCUT2D eigenvalue weighted by Crippen LogP contribution is -2.39. The molecule has 0 aromatic carbocycles. The van der Waals surface area contributed by atoms with E-state index in [1.165, 1.54) is 0 Å². The molecule has 0 spiro atoms. The summed E-state index contributed by atoms with van der Waals surface area (Å²) in [6.45, 7) is 4.73. The Balaban J connectivity index is 2.11. The van der Waals surface area contributed by atoms with Crippen molar-refractivity contribution in [2.45, 2.75) is 30.9 Å². The van der Waals surface area contributed by atoms with E-state index in [1.807, 2.05) is 6.92 Å². The van der Waals surface area contributed by atoms with Gasteiger partial charge in [-0.05, 0) is 25.0 Å². The van der Waals surface area contributed by atoms with E-state index in [0.29, 0.717) is 23.5 Å². The summed E-state index contributed by atoms with van der Waals surface area (Å²) < 4.78 is 0.666. The molecule has 0 saturated heterocycles. The molecule has 146 valence electrons. The molecule has 2 aliphatic heterocycles. The van der Waals surface area contributed by atoms with Crippen LogP contribution in [0.1, 0.15) is 26.0 Å². The fourth-order valence-electron chi connectivity index (χ4n) is 3.53. The zero-order valence-electron chi connectivity index (χ0n) is 15.4. The zero-order valence-corrected chi connectivity index (χ0v) is 18.3. The van der Waals surface area contributed by atoms with Crippen molar-refractivity contribution in [2.75, 3.05) is 25.6 Å². The first-order chi connectivity index (χ1) is 13.0. The van der Waals surface area contributed by atoms with E-state index in [9.17, 15) is 9.90 Å². The van der Waals surface area contributed by atoms with Crippen LogP contribution in [0.4, 0.5) is 0 Å². The second kappa shape index (κ2) is 8.74. The predicted molar refractivity (Wildman–Crippen MR) is 113 cm³/mol. The Kier molecular flexibility index (Phi) is 6.59. The fraction of sp³-hybridized carbons (Fsp3) is 0.500. The Morgan fingerprint density at radius 1 is 1.56 bits per heavy atom. The van der Waals surface area contributed by atoms with Crippen molar-refractivity contribution in [3.8, 4) is 0 Å². The number of nitrogens with one attached hydrogen (secondary N) is 1. The Morgan fingerprint density at radius 3 is 2.96 bits per heavy atom. The van der Waals surface area contributed by atoms with Gasteiger partial charge in [0.1, 0.15) is 16.9 Å². The van der Waals surface area contributed by atoms with Crippen molar-refractivity contribution < 1.29 is 9.90 Å². The number of aliphatic hydroxyl groups is 1. The van der Waals surface area contributed by atoms with Crippen molar-refractivity contribution in [2.24, 2.45) is 0 Å². The summed E-state index contributed by atoms with van der Waals surface area (Å²) in [6, 6.07) is 0.0957. The summed E-state index contributed by atoms with van der Waals surface area (Å²) in [6.07, 6.45) is 4.58.